The van der Waals surface area contributed by atoms with E-state index in [0.29, 0.717) is 10.6 Å². The van der Waals surface area contributed by atoms with E-state index >= 15 is 0 Å². The number of hydrogen-bond acceptors (Lipinski definition) is 6. The molecule has 0 atom stereocenters. The zero-order chi connectivity index (χ0) is 10.7. The summed E-state index contributed by atoms with van der Waals surface area (Å²) in [6, 6.07) is 3.51. The summed E-state index contributed by atoms with van der Waals surface area (Å²) in [7, 11) is 0. The number of nitrogens with two attached hydrogens (primary N) is 1. The SMILES string of the molecule is N=C(N)c1cccnc1Sc1nncs1. The molecule has 0 radical (unpaired) electrons. The molecule has 7 heteroatoms. The van der Waals surface area contributed by atoms with E-state index in [9.17, 15) is 0 Å². The summed E-state index contributed by atoms with van der Waals surface area (Å²) >= 11 is 2.79. The van der Waals surface area contributed by atoms with Crippen LogP contribution in [-0.2, 0) is 0 Å². The lowest BCUT2D eigenvalue weighted by Crippen LogP contribution is -2.12. The third-order valence-electron chi connectivity index (χ3n) is 1.59. The first-order valence-electron chi connectivity index (χ1n) is 4.01. The maximum absolute atomic E-state index is 7.40. The van der Waals surface area contributed by atoms with E-state index in [1.807, 2.05) is 0 Å². The Bertz CT molecular complexity index is 468. The van der Waals surface area contributed by atoms with Crippen LogP contribution in [0.2, 0.25) is 0 Å². The molecule has 0 fully saturated rings. The van der Waals surface area contributed by atoms with E-state index in [4.69, 9.17) is 11.1 Å². The topological polar surface area (TPSA) is 88.5 Å². The Balaban J connectivity index is 2.32. The van der Waals surface area contributed by atoms with Gasteiger partial charge in [0.25, 0.3) is 0 Å². The molecule has 2 aromatic rings. The van der Waals surface area contributed by atoms with Crippen LogP contribution in [0.15, 0.2) is 33.2 Å². The Labute approximate surface area is 94.3 Å². The summed E-state index contributed by atoms with van der Waals surface area (Å²) < 4.78 is 0.788. The van der Waals surface area contributed by atoms with Gasteiger partial charge in [0, 0.05) is 11.8 Å². The highest BCUT2D eigenvalue weighted by atomic mass is 32.2. The van der Waals surface area contributed by atoms with Crippen LogP contribution in [0.3, 0.4) is 0 Å². The maximum Gasteiger partial charge on any atom is 0.180 e. The molecule has 0 spiro atoms. The van der Waals surface area contributed by atoms with Crippen LogP contribution >= 0.6 is 23.1 Å². The van der Waals surface area contributed by atoms with Gasteiger partial charge in [0.1, 0.15) is 16.4 Å². The minimum Gasteiger partial charge on any atom is -0.384 e. The zero-order valence-corrected chi connectivity index (χ0v) is 9.18. The summed E-state index contributed by atoms with van der Waals surface area (Å²) in [6.45, 7) is 0. The van der Waals surface area contributed by atoms with Gasteiger partial charge in [0.15, 0.2) is 4.34 Å². The Morgan fingerprint density at radius 1 is 1.53 bits per heavy atom. The molecule has 0 aromatic carbocycles. The summed E-state index contributed by atoms with van der Waals surface area (Å²) in [4.78, 5) is 4.16. The highest BCUT2D eigenvalue weighted by molar-refractivity contribution is 8.01. The summed E-state index contributed by atoms with van der Waals surface area (Å²) in [6.07, 6.45) is 1.66. The molecule has 15 heavy (non-hydrogen) atoms. The third kappa shape index (κ3) is 2.31. The van der Waals surface area contributed by atoms with E-state index < -0.39 is 0 Å². The summed E-state index contributed by atoms with van der Waals surface area (Å²) in [5.74, 6) is 0.00937. The average molecular weight is 237 g/mol. The highest BCUT2D eigenvalue weighted by Crippen LogP contribution is 2.28. The fourth-order valence-electron chi connectivity index (χ4n) is 0.967. The van der Waals surface area contributed by atoms with E-state index in [1.165, 1.54) is 23.1 Å². The first-order chi connectivity index (χ1) is 7.27. The van der Waals surface area contributed by atoms with Gasteiger partial charge < -0.3 is 5.73 Å². The van der Waals surface area contributed by atoms with Gasteiger partial charge in [-0.1, -0.05) is 11.3 Å². The molecule has 0 aliphatic heterocycles. The molecule has 2 rings (SSSR count). The van der Waals surface area contributed by atoms with Crippen molar-refractivity contribution in [1.82, 2.24) is 15.2 Å². The monoisotopic (exact) mass is 237 g/mol. The normalized spacial score (nSPS) is 10.1. The molecule has 2 heterocycles. The lowest BCUT2D eigenvalue weighted by molar-refractivity contribution is 1.00. The van der Waals surface area contributed by atoms with Crippen LogP contribution in [0.5, 0.6) is 0 Å². The van der Waals surface area contributed by atoms with E-state index in [0.717, 1.165) is 4.34 Å². The molecule has 0 amide bonds. The largest absolute Gasteiger partial charge is 0.384 e. The molecule has 0 aliphatic rings. The smallest absolute Gasteiger partial charge is 0.180 e. The number of nitrogen functional groups attached to an aromatic ring is 1. The fraction of sp³-hybridized carbons (Fsp3) is 0. The first kappa shape index (κ1) is 10.1. The van der Waals surface area contributed by atoms with Crippen LogP contribution in [0.25, 0.3) is 0 Å². The van der Waals surface area contributed by atoms with E-state index in [1.54, 1.807) is 23.8 Å². The lowest BCUT2D eigenvalue weighted by atomic mass is 10.3. The van der Waals surface area contributed by atoms with E-state index in [2.05, 4.69) is 15.2 Å². The Morgan fingerprint density at radius 2 is 2.40 bits per heavy atom. The molecule has 0 unspecified atom stereocenters. The van der Waals surface area contributed by atoms with Crippen molar-refractivity contribution in [2.75, 3.05) is 0 Å². The van der Waals surface area contributed by atoms with Crippen molar-refractivity contribution >= 4 is 28.9 Å². The van der Waals surface area contributed by atoms with Crippen LogP contribution in [-0.4, -0.2) is 21.0 Å². The molecular formula is C8H7N5S2. The van der Waals surface area contributed by atoms with Crippen molar-refractivity contribution in [2.45, 2.75) is 9.37 Å². The van der Waals surface area contributed by atoms with Gasteiger partial charge in [0.05, 0.1) is 0 Å². The van der Waals surface area contributed by atoms with Crippen LogP contribution in [0, 0.1) is 5.41 Å². The van der Waals surface area contributed by atoms with Crippen molar-refractivity contribution in [3.05, 3.63) is 29.4 Å². The van der Waals surface area contributed by atoms with E-state index in [-0.39, 0.29) is 5.84 Å². The summed E-state index contributed by atoms with van der Waals surface area (Å²) in [5.41, 5.74) is 7.72. The Morgan fingerprint density at radius 3 is 3.07 bits per heavy atom. The quantitative estimate of drug-likeness (QED) is 0.621. The Hall–Kier alpha value is -1.47. The van der Waals surface area contributed by atoms with Gasteiger partial charge in [-0.05, 0) is 23.9 Å². The second-order valence-electron chi connectivity index (χ2n) is 2.58. The standard InChI is InChI=1S/C8H7N5S2/c9-6(10)5-2-1-3-11-7(5)15-8-13-12-4-14-8/h1-4H,(H3,9,10). The van der Waals surface area contributed by atoms with Gasteiger partial charge in [-0.2, -0.15) is 0 Å². The second-order valence-corrected chi connectivity index (χ2v) is 4.65. The zero-order valence-electron chi connectivity index (χ0n) is 7.54. The van der Waals surface area contributed by atoms with Gasteiger partial charge in [-0.15, -0.1) is 10.2 Å². The number of nitrogens with zero attached hydrogens (tertiary/aromatic N) is 3. The van der Waals surface area contributed by atoms with Crippen LogP contribution < -0.4 is 5.73 Å². The maximum atomic E-state index is 7.40. The van der Waals surface area contributed by atoms with Crippen LogP contribution in [0.4, 0.5) is 0 Å². The molecule has 2 aromatic heterocycles. The van der Waals surface area contributed by atoms with Crippen molar-refractivity contribution in [2.24, 2.45) is 5.73 Å². The molecule has 0 saturated carbocycles. The van der Waals surface area contributed by atoms with Crippen molar-refractivity contribution < 1.29 is 0 Å². The number of pyridine rings is 1. The third-order valence-corrected chi connectivity index (χ3v) is 3.38. The highest BCUT2D eigenvalue weighted by Gasteiger charge is 2.09. The number of aromatic nitrogens is 3. The molecule has 5 nitrogen and oxygen atoms in total. The second kappa shape index (κ2) is 4.37. The molecule has 0 saturated heterocycles. The van der Waals surface area contributed by atoms with Crippen molar-refractivity contribution in [3.8, 4) is 0 Å². The van der Waals surface area contributed by atoms with Crippen molar-refractivity contribution in [1.29, 1.82) is 5.41 Å². The molecule has 3 N–H and O–H groups in total. The molecule has 0 aliphatic carbocycles. The van der Waals surface area contributed by atoms with Gasteiger partial charge in [-0.25, -0.2) is 4.98 Å². The summed E-state index contributed by atoms with van der Waals surface area (Å²) in [5, 5.41) is 15.7. The molecule has 76 valence electrons. The predicted molar refractivity (Wildman–Crippen MR) is 59.3 cm³/mol. The van der Waals surface area contributed by atoms with Crippen LogP contribution in [0.1, 0.15) is 5.56 Å². The number of amidine groups is 1. The minimum absolute atomic E-state index is 0.00937. The first-order valence-corrected chi connectivity index (χ1v) is 5.70. The molecular weight excluding hydrogens is 230 g/mol. The van der Waals surface area contributed by atoms with Gasteiger partial charge >= 0.3 is 0 Å². The minimum atomic E-state index is 0.00937. The number of hydrogen-bond donors (Lipinski definition) is 2. The average Bonchev–Trinajstić information content (AvgIpc) is 2.71. The molecule has 0 bridgehead atoms. The fourth-order valence-corrected chi connectivity index (χ4v) is 2.46. The van der Waals surface area contributed by atoms with Crippen molar-refractivity contribution in [3.63, 3.8) is 0 Å². The number of rotatable bonds is 3. The number of nitrogens with one attached hydrogen (secondary N) is 1. The Kier molecular flexibility index (Phi) is 2.93. The lowest BCUT2D eigenvalue weighted by Gasteiger charge is -2.03. The van der Waals surface area contributed by atoms with Gasteiger partial charge in [0.2, 0.25) is 0 Å². The predicted octanol–water partition coefficient (Wildman–Crippen LogP) is 1.37. The van der Waals surface area contributed by atoms with Gasteiger partial charge in [-0.3, -0.25) is 5.41 Å².